The Bertz CT molecular complexity index is 2590. The van der Waals surface area contributed by atoms with Gasteiger partial charge in [-0.15, -0.1) is 10.2 Å². The quantitative estimate of drug-likeness (QED) is 0.148. The molecule has 2 heterocycles. The zero-order valence-corrected chi connectivity index (χ0v) is 29.1. The van der Waals surface area contributed by atoms with Gasteiger partial charge in [-0.2, -0.15) is 9.36 Å². The third kappa shape index (κ3) is 7.64. The Morgan fingerprint density at radius 2 is 0.982 bits per heavy atom. The molecule has 2 aromatic heterocycles. The number of hydrogen-bond acceptors (Lipinski definition) is 10. The van der Waals surface area contributed by atoms with E-state index in [9.17, 15) is 18.7 Å². The van der Waals surface area contributed by atoms with Crippen molar-refractivity contribution in [3.8, 4) is 67.9 Å². The molecule has 14 heteroatoms. The average Bonchev–Trinajstić information content (AvgIpc) is 3.92. The van der Waals surface area contributed by atoms with Gasteiger partial charge in [-0.1, -0.05) is 109 Å². The number of rotatable bonds is 9. The number of carbonyl (C=O) groups excluding carboxylic acids is 1. The molecule has 0 atom stereocenters. The Hall–Kier alpha value is -7.61. The van der Waals surface area contributed by atoms with Gasteiger partial charge in [0.1, 0.15) is 34.5 Å². The molecule has 1 N–H and O–H groups in total. The van der Waals surface area contributed by atoms with Crippen molar-refractivity contribution in [1.82, 2.24) is 40.4 Å². The first-order valence-electron chi connectivity index (χ1n) is 16.8. The fourth-order valence-electron chi connectivity index (χ4n) is 5.82. The highest BCUT2D eigenvalue weighted by Gasteiger charge is 2.20. The summed E-state index contributed by atoms with van der Waals surface area (Å²) < 4.78 is 41.6. The first-order chi connectivity index (χ1) is 26.9. The lowest BCUT2D eigenvalue weighted by molar-refractivity contribution is -0.142. The number of phenolic OH excluding ortho intramolecular Hbond substituents is 1. The van der Waals surface area contributed by atoms with Gasteiger partial charge in [0, 0.05) is 22.3 Å². The minimum absolute atomic E-state index is 0.153. The third-order valence-corrected chi connectivity index (χ3v) is 8.38. The summed E-state index contributed by atoms with van der Waals surface area (Å²) >= 11 is 0. The lowest BCUT2D eigenvalue weighted by Crippen LogP contribution is -2.13. The number of benzene rings is 6. The maximum Gasteiger partial charge on any atom is 0.343 e. The van der Waals surface area contributed by atoms with E-state index in [0.29, 0.717) is 34.1 Å². The smallest absolute Gasteiger partial charge is 0.343 e. The maximum atomic E-state index is 14.4. The molecule has 6 aromatic carbocycles. The molecule has 272 valence electrons. The molecule has 0 saturated carbocycles. The number of methoxy groups -OCH3 is 1. The van der Waals surface area contributed by atoms with Crippen molar-refractivity contribution in [2.24, 2.45) is 0 Å². The molecule has 8 aromatic rings. The van der Waals surface area contributed by atoms with Gasteiger partial charge >= 0.3 is 5.97 Å². The van der Waals surface area contributed by atoms with Crippen molar-refractivity contribution in [1.29, 1.82) is 0 Å². The van der Waals surface area contributed by atoms with Crippen LogP contribution in [0.1, 0.15) is 0 Å². The zero-order chi connectivity index (χ0) is 38.1. The van der Waals surface area contributed by atoms with E-state index in [1.807, 2.05) is 78.9 Å². The van der Waals surface area contributed by atoms with Gasteiger partial charge in [0.15, 0.2) is 18.3 Å². The number of carbonyl (C=O) groups is 1. The first-order valence-corrected chi connectivity index (χ1v) is 16.8. The van der Waals surface area contributed by atoms with Crippen LogP contribution in [0.3, 0.4) is 0 Å². The summed E-state index contributed by atoms with van der Waals surface area (Å²) in [4.78, 5) is 11.5. The van der Waals surface area contributed by atoms with E-state index in [1.54, 1.807) is 54.6 Å². The summed E-state index contributed by atoms with van der Waals surface area (Å²) in [6.45, 7) is -0.220. The third-order valence-electron chi connectivity index (χ3n) is 8.38. The van der Waals surface area contributed by atoms with E-state index in [1.165, 1.54) is 28.6 Å². The van der Waals surface area contributed by atoms with Gasteiger partial charge in [0.05, 0.1) is 7.11 Å². The van der Waals surface area contributed by atoms with E-state index in [0.717, 1.165) is 16.7 Å². The molecule has 0 spiro atoms. The van der Waals surface area contributed by atoms with Gasteiger partial charge in [0.25, 0.3) is 0 Å². The molecular formula is C41H30F2N8O4. The Kier molecular flexibility index (Phi) is 10.7. The Balaban J connectivity index is 0.000000172. The van der Waals surface area contributed by atoms with Crippen LogP contribution < -0.4 is 4.74 Å². The van der Waals surface area contributed by atoms with Gasteiger partial charge in [-0.3, -0.25) is 0 Å². The first kappa shape index (κ1) is 35.8. The number of nitrogens with zero attached hydrogens (tertiary/aromatic N) is 8. The SMILES string of the molecule is COC(=O)COc1ccccc1-c1ccccc1-c1nnnn1-c1ccccc1F.Oc1ccccc1-c1ccccc1-c1nnnn1-c1ccccc1F. The van der Waals surface area contributed by atoms with Crippen LogP contribution in [0.4, 0.5) is 8.78 Å². The summed E-state index contributed by atoms with van der Waals surface area (Å²) in [5.41, 5.74) is 4.79. The van der Waals surface area contributed by atoms with Crippen molar-refractivity contribution in [2.45, 2.75) is 0 Å². The molecule has 12 nitrogen and oxygen atoms in total. The molecule has 0 unspecified atom stereocenters. The summed E-state index contributed by atoms with van der Waals surface area (Å²) in [7, 11) is 1.30. The second-order valence-electron chi connectivity index (χ2n) is 11.7. The van der Waals surface area contributed by atoms with Crippen molar-refractivity contribution >= 4 is 5.97 Å². The number of para-hydroxylation sites is 4. The maximum absolute atomic E-state index is 14.4. The summed E-state index contributed by atoms with van der Waals surface area (Å²) in [6, 6.07) is 41.7. The fraction of sp³-hybridized carbons (Fsp3) is 0.0488. The van der Waals surface area contributed by atoms with Crippen molar-refractivity contribution in [2.75, 3.05) is 13.7 Å². The van der Waals surface area contributed by atoms with Crippen molar-refractivity contribution in [3.05, 3.63) is 157 Å². The highest BCUT2D eigenvalue weighted by molar-refractivity contribution is 5.85. The minimum Gasteiger partial charge on any atom is -0.507 e. The van der Waals surface area contributed by atoms with Crippen LogP contribution in [0.5, 0.6) is 11.5 Å². The predicted molar refractivity (Wildman–Crippen MR) is 199 cm³/mol. The van der Waals surface area contributed by atoms with E-state index < -0.39 is 17.6 Å². The van der Waals surface area contributed by atoms with Crippen molar-refractivity contribution < 1.29 is 28.2 Å². The zero-order valence-electron chi connectivity index (χ0n) is 29.1. The topological polar surface area (TPSA) is 143 Å². The molecule has 0 amide bonds. The molecule has 0 fully saturated rings. The number of hydrogen-bond donors (Lipinski definition) is 1. The van der Waals surface area contributed by atoms with Gasteiger partial charge in [0.2, 0.25) is 0 Å². The Labute approximate surface area is 312 Å². The Morgan fingerprint density at radius 3 is 1.49 bits per heavy atom. The van der Waals surface area contributed by atoms with E-state index in [2.05, 4.69) is 35.8 Å². The van der Waals surface area contributed by atoms with Crippen LogP contribution >= 0.6 is 0 Å². The van der Waals surface area contributed by atoms with Gasteiger partial charge in [-0.05, 0) is 68.4 Å². The number of phenols is 1. The van der Waals surface area contributed by atoms with Gasteiger partial charge in [-0.25, -0.2) is 13.6 Å². The van der Waals surface area contributed by atoms with Crippen LogP contribution in [0.25, 0.3) is 56.4 Å². The molecule has 0 aliphatic heterocycles. The molecule has 0 aliphatic rings. The summed E-state index contributed by atoms with van der Waals surface area (Å²) in [6.07, 6.45) is 0. The monoisotopic (exact) mass is 736 g/mol. The van der Waals surface area contributed by atoms with Crippen LogP contribution in [0.2, 0.25) is 0 Å². The highest BCUT2D eigenvalue weighted by Crippen LogP contribution is 2.38. The number of halogens is 2. The van der Waals surface area contributed by atoms with Crippen LogP contribution in [-0.4, -0.2) is 65.2 Å². The molecule has 55 heavy (non-hydrogen) atoms. The molecule has 0 saturated heterocycles. The molecular weight excluding hydrogens is 706 g/mol. The minimum atomic E-state index is -0.485. The van der Waals surface area contributed by atoms with Crippen LogP contribution in [-0.2, 0) is 9.53 Å². The second-order valence-corrected chi connectivity index (χ2v) is 11.7. The van der Waals surface area contributed by atoms with E-state index >= 15 is 0 Å². The number of ether oxygens (including phenoxy) is 2. The van der Waals surface area contributed by atoms with E-state index in [4.69, 9.17) is 4.74 Å². The molecule has 8 rings (SSSR count). The number of aromatic hydroxyl groups is 1. The lowest BCUT2D eigenvalue weighted by atomic mass is 9.98. The Morgan fingerprint density at radius 1 is 0.564 bits per heavy atom. The average molecular weight is 737 g/mol. The van der Waals surface area contributed by atoms with Gasteiger partial charge < -0.3 is 14.6 Å². The normalized spacial score (nSPS) is 10.7. The van der Waals surface area contributed by atoms with E-state index in [-0.39, 0.29) is 23.7 Å². The largest absolute Gasteiger partial charge is 0.507 e. The summed E-state index contributed by atoms with van der Waals surface area (Å²) in [5, 5.41) is 33.8. The molecule has 0 radical (unpaired) electrons. The standard InChI is InChI=1S/C22H17FN4O3.C19H13FN4O/c1-29-21(28)14-30-20-13-7-4-9-16(20)15-8-2-3-10-17(15)22-24-25-26-27(22)19-12-6-5-11-18(19)23;20-16-10-4-5-11-17(16)24-19(21-22-23-24)15-9-2-1-7-13(15)14-8-3-6-12-18(14)25/h2-13H,14H2,1H3;1-12,25H. The van der Waals surface area contributed by atoms with Crippen LogP contribution in [0, 0.1) is 11.6 Å². The summed E-state index contributed by atoms with van der Waals surface area (Å²) in [5.74, 6) is 0.0746. The molecule has 0 bridgehead atoms. The number of tetrazole rings is 2. The lowest BCUT2D eigenvalue weighted by Gasteiger charge is -2.14. The van der Waals surface area contributed by atoms with Crippen LogP contribution in [0.15, 0.2) is 146 Å². The highest BCUT2D eigenvalue weighted by atomic mass is 19.1. The fourth-order valence-corrected chi connectivity index (χ4v) is 5.82. The second kappa shape index (κ2) is 16.4. The number of esters is 1. The predicted octanol–water partition coefficient (Wildman–Crippen LogP) is 7.53. The number of aromatic nitrogens is 8. The van der Waals surface area contributed by atoms with Crippen molar-refractivity contribution in [3.63, 3.8) is 0 Å². The molecule has 0 aliphatic carbocycles.